The Labute approximate surface area is 111 Å². The van der Waals surface area contributed by atoms with Gasteiger partial charge in [-0.15, -0.1) is 12.3 Å². The molecule has 0 aromatic carbocycles. The molecule has 0 aromatic rings. The fourth-order valence-corrected chi connectivity index (χ4v) is 3.66. The summed E-state index contributed by atoms with van der Waals surface area (Å²) in [6.07, 6.45) is 5.39. The summed E-state index contributed by atoms with van der Waals surface area (Å²) >= 11 is 0. The summed E-state index contributed by atoms with van der Waals surface area (Å²) in [5, 5.41) is 13.5. The second kappa shape index (κ2) is 6.43. The van der Waals surface area contributed by atoms with Gasteiger partial charge in [-0.1, -0.05) is 0 Å². The van der Waals surface area contributed by atoms with Crippen LogP contribution in [0.5, 0.6) is 0 Å². The summed E-state index contributed by atoms with van der Waals surface area (Å²) in [5.74, 6) is 1.02. The van der Waals surface area contributed by atoms with Crippen LogP contribution in [-0.4, -0.2) is 49.6 Å². The lowest BCUT2D eigenvalue weighted by molar-refractivity contribution is -0.139. The first kappa shape index (κ1) is 15.3. The zero-order valence-corrected chi connectivity index (χ0v) is 11.1. The molecular formula is C11H16N2O5S. The van der Waals surface area contributed by atoms with Gasteiger partial charge in [0.25, 0.3) is 0 Å². The number of carboxylic acids is 1. The Kier molecular flexibility index (Phi) is 5.18. The smallest absolute Gasteiger partial charge is 0.327 e. The zero-order valence-electron chi connectivity index (χ0n) is 10.3. The van der Waals surface area contributed by atoms with E-state index < -0.39 is 27.9 Å². The Balaban J connectivity index is 2.36. The average molecular weight is 288 g/mol. The molecule has 0 aromatic heterocycles. The molecule has 19 heavy (non-hydrogen) atoms. The molecule has 1 saturated heterocycles. The molecule has 3 N–H and O–H groups in total. The van der Waals surface area contributed by atoms with Crippen molar-refractivity contribution in [2.24, 2.45) is 5.92 Å². The maximum atomic E-state index is 11.4. The summed E-state index contributed by atoms with van der Waals surface area (Å²) in [7, 11) is -2.98. The number of aliphatic carboxylic acids is 1. The van der Waals surface area contributed by atoms with Crippen molar-refractivity contribution in [3.63, 3.8) is 0 Å². The molecular weight excluding hydrogens is 272 g/mol. The molecule has 1 aliphatic heterocycles. The van der Waals surface area contributed by atoms with Crippen LogP contribution < -0.4 is 10.6 Å². The van der Waals surface area contributed by atoms with Crippen molar-refractivity contribution in [3.05, 3.63) is 0 Å². The number of hydrogen-bond donors (Lipinski definition) is 3. The van der Waals surface area contributed by atoms with E-state index in [0.717, 1.165) is 0 Å². The van der Waals surface area contributed by atoms with E-state index in [1.54, 1.807) is 0 Å². The molecule has 1 aliphatic rings. The van der Waals surface area contributed by atoms with Crippen LogP contribution in [-0.2, 0) is 14.6 Å². The molecule has 0 bridgehead atoms. The van der Waals surface area contributed by atoms with Gasteiger partial charge in [-0.2, -0.15) is 0 Å². The summed E-state index contributed by atoms with van der Waals surface area (Å²) in [6.45, 7) is 0.202. The Morgan fingerprint density at radius 3 is 2.63 bits per heavy atom. The highest BCUT2D eigenvalue weighted by Gasteiger charge is 2.28. The van der Waals surface area contributed by atoms with E-state index in [1.165, 1.54) is 0 Å². The van der Waals surface area contributed by atoms with Gasteiger partial charge in [0, 0.05) is 13.0 Å². The van der Waals surface area contributed by atoms with Crippen LogP contribution in [0.4, 0.5) is 4.79 Å². The van der Waals surface area contributed by atoms with Crippen LogP contribution in [0.2, 0.25) is 0 Å². The highest BCUT2D eigenvalue weighted by molar-refractivity contribution is 7.91. The van der Waals surface area contributed by atoms with Crippen molar-refractivity contribution in [2.45, 2.75) is 18.9 Å². The summed E-state index contributed by atoms with van der Waals surface area (Å²) in [5.41, 5.74) is 0. The molecule has 1 rings (SSSR count). The van der Waals surface area contributed by atoms with Gasteiger partial charge in [-0.3, -0.25) is 0 Å². The van der Waals surface area contributed by atoms with Gasteiger partial charge in [0.1, 0.15) is 6.04 Å². The fraction of sp³-hybridized carbons (Fsp3) is 0.636. The summed E-state index contributed by atoms with van der Waals surface area (Å²) in [6, 6.07) is -1.80. The minimum atomic E-state index is -2.98. The predicted molar refractivity (Wildman–Crippen MR) is 68.2 cm³/mol. The van der Waals surface area contributed by atoms with E-state index in [9.17, 15) is 18.0 Å². The van der Waals surface area contributed by atoms with E-state index >= 15 is 0 Å². The Hall–Kier alpha value is -1.75. The predicted octanol–water partition coefficient (Wildman–Crippen LogP) is -0.803. The number of sulfone groups is 1. The number of carbonyl (C=O) groups excluding carboxylic acids is 1. The molecule has 1 heterocycles. The molecule has 2 amide bonds. The van der Waals surface area contributed by atoms with Gasteiger partial charge < -0.3 is 15.7 Å². The van der Waals surface area contributed by atoms with Crippen LogP contribution in [0.25, 0.3) is 0 Å². The SMILES string of the molecule is C#CCC(NC(=O)NCC1CCS(=O)(=O)C1)C(=O)O. The first-order valence-corrected chi connectivity index (χ1v) is 7.57. The maximum absolute atomic E-state index is 11.4. The van der Waals surface area contributed by atoms with E-state index in [1.807, 2.05) is 0 Å². The standard InChI is InChI=1S/C11H16N2O5S/c1-2-3-9(10(14)15)13-11(16)12-6-8-4-5-19(17,18)7-8/h1,8-9H,3-7H2,(H,14,15)(H2,12,13,16). The minimum absolute atomic E-state index is 0.0556. The van der Waals surface area contributed by atoms with Crippen LogP contribution in [0.1, 0.15) is 12.8 Å². The van der Waals surface area contributed by atoms with Crippen LogP contribution in [0.15, 0.2) is 0 Å². The number of rotatable bonds is 5. The summed E-state index contributed by atoms with van der Waals surface area (Å²) in [4.78, 5) is 22.2. The van der Waals surface area contributed by atoms with E-state index in [4.69, 9.17) is 11.5 Å². The van der Waals surface area contributed by atoms with Crippen molar-refractivity contribution in [1.82, 2.24) is 10.6 Å². The van der Waals surface area contributed by atoms with Crippen molar-refractivity contribution in [2.75, 3.05) is 18.1 Å². The third kappa shape index (κ3) is 5.18. The quantitative estimate of drug-likeness (QED) is 0.573. The number of carboxylic acid groups (broad SMARTS) is 1. The fourth-order valence-electron chi connectivity index (χ4n) is 1.80. The molecule has 0 aliphatic carbocycles. The Bertz CT molecular complexity index is 494. The topological polar surface area (TPSA) is 113 Å². The third-order valence-electron chi connectivity index (χ3n) is 2.80. The maximum Gasteiger partial charge on any atom is 0.327 e. The Morgan fingerprint density at radius 1 is 1.47 bits per heavy atom. The van der Waals surface area contributed by atoms with Gasteiger partial charge in [-0.05, 0) is 12.3 Å². The highest BCUT2D eigenvalue weighted by atomic mass is 32.2. The molecule has 2 unspecified atom stereocenters. The molecule has 1 fully saturated rings. The second-order valence-corrected chi connectivity index (χ2v) is 6.65. The first-order valence-electron chi connectivity index (χ1n) is 5.75. The summed E-state index contributed by atoms with van der Waals surface area (Å²) < 4.78 is 22.4. The molecule has 8 heteroatoms. The van der Waals surface area contributed by atoms with E-state index in [0.29, 0.717) is 6.42 Å². The number of hydrogen-bond acceptors (Lipinski definition) is 4. The van der Waals surface area contributed by atoms with Crippen molar-refractivity contribution < 1.29 is 23.1 Å². The monoisotopic (exact) mass is 288 g/mol. The van der Waals surface area contributed by atoms with Crippen molar-refractivity contribution in [1.29, 1.82) is 0 Å². The van der Waals surface area contributed by atoms with Crippen LogP contribution >= 0.6 is 0 Å². The number of amides is 2. The highest BCUT2D eigenvalue weighted by Crippen LogP contribution is 2.17. The lowest BCUT2D eigenvalue weighted by Crippen LogP contribution is -2.47. The van der Waals surface area contributed by atoms with Crippen LogP contribution in [0.3, 0.4) is 0 Å². The number of urea groups is 1. The van der Waals surface area contributed by atoms with Gasteiger partial charge in [0.15, 0.2) is 9.84 Å². The Morgan fingerprint density at radius 2 is 2.16 bits per heavy atom. The molecule has 106 valence electrons. The average Bonchev–Trinajstić information content (AvgIpc) is 2.66. The number of carbonyl (C=O) groups is 2. The third-order valence-corrected chi connectivity index (χ3v) is 4.64. The van der Waals surface area contributed by atoms with E-state index in [-0.39, 0.29) is 30.4 Å². The lowest BCUT2D eigenvalue weighted by Gasteiger charge is -2.14. The molecule has 0 saturated carbocycles. The van der Waals surface area contributed by atoms with Gasteiger partial charge in [0.05, 0.1) is 11.5 Å². The zero-order chi connectivity index (χ0) is 14.5. The minimum Gasteiger partial charge on any atom is -0.480 e. The van der Waals surface area contributed by atoms with Gasteiger partial charge in [0.2, 0.25) is 0 Å². The van der Waals surface area contributed by atoms with Gasteiger partial charge in [-0.25, -0.2) is 18.0 Å². The lowest BCUT2D eigenvalue weighted by atomic mass is 10.1. The molecule has 0 radical (unpaired) electrons. The van der Waals surface area contributed by atoms with E-state index in [2.05, 4.69) is 16.6 Å². The molecule has 2 atom stereocenters. The van der Waals surface area contributed by atoms with Crippen LogP contribution in [0, 0.1) is 18.3 Å². The molecule has 0 spiro atoms. The van der Waals surface area contributed by atoms with Gasteiger partial charge >= 0.3 is 12.0 Å². The largest absolute Gasteiger partial charge is 0.480 e. The molecule has 7 nitrogen and oxygen atoms in total. The second-order valence-electron chi connectivity index (χ2n) is 4.42. The number of terminal acetylenes is 1. The van der Waals surface area contributed by atoms with Crippen molar-refractivity contribution >= 4 is 21.8 Å². The van der Waals surface area contributed by atoms with Crippen molar-refractivity contribution in [3.8, 4) is 12.3 Å². The first-order chi connectivity index (χ1) is 8.84. The number of nitrogens with one attached hydrogen (secondary N) is 2. The normalized spacial score (nSPS) is 22.2.